The van der Waals surface area contributed by atoms with E-state index in [1.165, 1.54) is 21.6 Å². The number of fused-ring (bicyclic) bond motifs is 1. The summed E-state index contributed by atoms with van der Waals surface area (Å²) in [5, 5.41) is 3.86. The van der Waals surface area contributed by atoms with Crippen molar-refractivity contribution in [2.45, 2.75) is 6.42 Å². The molecule has 0 radical (unpaired) electrons. The summed E-state index contributed by atoms with van der Waals surface area (Å²) < 4.78 is 7.81. The molecule has 1 N–H and O–H groups in total. The first-order chi connectivity index (χ1) is 16.2. The molecule has 5 rings (SSSR count). The van der Waals surface area contributed by atoms with Gasteiger partial charge in [0.1, 0.15) is 5.75 Å². The molecular weight excluding hydrogens is 432 g/mol. The minimum Gasteiger partial charge on any atom is -0.497 e. The lowest BCUT2D eigenvalue weighted by Gasteiger charge is -2.03. The third kappa shape index (κ3) is 4.36. The van der Waals surface area contributed by atoms with Gasteiger partial charge in [-0.2, -0.15) is 4.68 Å². The summed E-state index contributed by atoms with van der Waals surface area (Å²) in [6.45, 7) is 0.595. The average molecular weight is 455 g/mol. The maximum Gasteiger partial charge on any atom is 0.282 e. The van der Waals surface area contributed by atoms with E-state index in [9.17, 15) is 4.79 Å². The van der Waals surface area contributed by atoms with Crippen LogP contribution in [-0.4, -0.2) is 34.6 Å². The summed E-state index contributed by atoms with van der Waals surface area (Å²) >= 11 is 1.47. The van der Waals surface area contributed by atoms with Gasteiger partial charge in [-0.05, 0) is 48.4 Å². The zero-order chi connectivity index (χ0) is 22.6. The van der Waals surface area contributed by atoms with Crippen molar-refractivity contribution in [3.8, 4) is 22.1 Å². The number of para-hydroxylation sites is 1. The van der Waals surface area contributed by atoms with Gasteiger partial charge in [-0.15, -0.1) is 0 Å². The van der Waals surface area contributed by atoms with Crippen LogP contribution in [0.1, 0.15) is 11.1 Å². The predicted molar refractivity (Wildman–Crippen MR) is 134 cm³/mol. The summed E-state index contributed by atoms with van der Waals surface area (Å²) in [7, 11) is 1.63. The van der Waals surface area contributed by atoms with Crippen LogP contribution in [0.3, 0.4) is 0 Å². The van der Waals surface area contributed by atoms with Crippen LogP contribution in [0.5, 0.6) is 5.75 Å². The van der Waals surface area contributed by atoms with Gasteiger partial charge >= 0.3 is 0 Å². The van der Waals surface area contributed by atoms with Crippen LogP contribution in [0.2, 0.25) is 0 Å². The van der Waals surface area contributed by atoms with E-state index in [2.05, 4.69) is 27.2 Å². The van der Waals surface area contributed by atoms with Crippen molar-refractivity contribution in [3.63, 3.8) is 0 Å². The van der Waals surface area contributed by atoms with Crippen LogP contribution in [0.15, 0.2) is 88.6 Å². The Morgan fingerprint density at radius 2 is 1.79 bits per heavy atom. The highest BCUT2D eigenvalue weighted by molar-refractivity contribution is 7.20. The Labute approximate surface area is 194 Å². The zero-order valence-corrected chi connectivity index (χ0v) is 18.9. The Bertz CT molecular complexity index is 1430. The Morgan fingerprint density at radius 1 is 1.03 bits per heavy atom. The molecule has 3 aromatic carbocycles. The highest BCUT2D eigenvalue weighted by atomic mass is 32.1. The third-order valence-corrected chi connectivity index (χ3v) is 6.39. The van der Waals surface area contributed by atoms with Crippen LogP contribution in [-0.2, 0) is 6.42 Å². The molecule has 33 heavy (non-hydrogen) atoms. The summed E-state index contributed by atoms with van der Waals surface area (Å²) in [5.41, 5.74) is 3.98. The SMILES string of the molecule is COc1ccc(-c2[nH]n(-c3nc4ccccc4s3)c(=O)c2C=NCCc2ccccc2)cc1. The molecule has 2 aromatic heterocycles. The van der Waals surface area contributed by atoms with Crippen molar-refractivity contribution in [2.24, 2.45) is 4.99 Å². The highest BCUT2D eigenvalue weighted by Gasteiger charge is 2.18. The number of thiazole rings is 1. The van der Waals surface area contributed by atoms with E-state index in [-0.39, 0.29) is 5.56 Å². The van der Waals surface area contributed by atoms with Crippen molar-refractivity contribution in [1.29, 1.82) is 0 Å². The number of aromatic amines is 1. The average Bonchev–Trinajstić information content (AvgIpc) is 3.43. The van der Waals surface area contributed by atoms with Crippen molar-refractivity contribution in [1.82, 2.24) is 14.8 Å². The monoisotopic (exact) mass is 454 g/mol. The molecule has 0 bridgehead atoms. The maximum absolute atomic E-state index is 13.4. The highest BCUT2D eigenvalue weighted by Crippen LogP contribution is 2.26. The van der Waals surface area contributed by atoms with E-state index < -0.39 is 0 Å². The lowest BCUT2D eigenvalue weighted by molar-refractivity contribution is 0.415. The van der Waals surface area contributed by atoms with Gasteiger partial charge < -0.3 is 4.74 Å². The van der Waals surface area contributed by atoms with Crippen molar-refractivity contribution < 1.29 is 4.74 Å². The number of H-pyrrole nitrogens is 1. The molecule has 6 nitrogen and oxygen atoms in total. The van der Waals surface area contributed by atoms with Crippen LogP contribution in [0.4, 0.5) is 0 Å². The predicted octanol–water partition coefficient (Wildman–Crippen LogP) is 5.11. The van der Waals surface area contributed by atoms with Crippen LogP contribution >= 0.6 is 11.3 Å². The maximum atomic E-state index is 13.4. The Morgan fingerprint density at radius 3 is 2.55 bits per heavy atom. The molecular formula is C26H22N4O2S. The van der Waals surface area contributed by atoms with E-state index in [0.29, 0.717) is 22.9 Å². The van der Waals surface area contributed by atoms with Crippen molar-refractivity contribution in [2.75, 3.05) is 13.7 Å². The van der Waals surface area contributed by atoms with Gasteiger partial charge in [-0.3, -0.25) is 14.9 Å². The topological polar surface area (TPSA) is 72.3 Å². The molecule has 7 heteroatoms. The Kier molecular flexibility index (Phi) is 5.87. The van der Waals surface area contributed by atoms with E-state index in [4.69, 9.17) is 4.74 Å². The molecule has 0 aliphatic carbocycles. The molecule has 0 unspecified atom stereocenters. The van der Waals surface area contributed by atoms with Gasteiger partial charge in [0, 0.05) is 18.3 Å². The number of benzene rings is 3. The summed E-state index contributed by atoms with van der Waals surface area (Å²) in [5.74, 6) is 0.754. The number of rotatable bonds is 7. The molecule has 164 valence electrons. The quantitative estimate of drug-likeness (QED) is 0.347. The second kappa shape index (κ2) is 9.26. The number of hydrogen-bond donors (Lipinski definition) is 1. The summed E-state index contributed by atoms with van der Waals surface area (Å²) in [6.07, 6.45) is 2.48. The van der Waals surface area contributed by atoms with E-state index in [1.807, 2.05) is 66.7 Å². The molecule has 0 amide bonds. The standard InChI is InChI=1S/C26H22N4O2S/c1-32-20-13-11-19(12-14-20)24-21(17-27-16-15-18-7-3-2-4-8-18)25(31)30(29-24)26-28-22-9-5-6-10-23(22)33-26/h2-14,17,29H,15-16H2,1H3. The minimum absolute atomic E-state index is 0.177. The molecule has 0 fully saturated rings. The van der Waals surface area contributed by atoms with Crippen molar-refractivity contribution in [3.05, 3.63) is 100 Å². The van der Waals surface area contributed by atoms with E-state index >= 15 is 0 Å². The van der Waals surface area contributed by atoms with Gasteiger partial charge in [0.15, 0.2) is 0 Å². The lowest BCUT2D eigenvalue weighted by Crippen LogP contribution is -2.17. The van der Waals surface area contributed by atoms with E-state index in [0.717, 1.165) is 28.0 Å². The fourth-order valence-corrected chi connectivity index (χ4v) is 4.56. The molecule has 0 atom stereocenters. The second-order valence-corrected chi connectivity index (χ2v) is 8.51. The van der Waals surface area contributed by atoms with Gasteiger partial charge in [0.25, 0.3) is 5.56 Å². The fraction of sp³-hybridized carbons (Fsp3) is 0.115. The van der Waals surface area contributed by atoms with Gasteiger partial charge in [-0.1, -0.05) is 53.8 Å². The van der Waals surface area contributed by atoms with E-state index in [1.54, 1.807) is 13.3 Å². The van der Waals surface area contributed by atoms with Gasteiger partial charge in [0.05, 0.1) is 28.6 Å². The molecule has 0 saturated heterocycles. The first-order valence-corrected chi connectivity index (χ1v) is 11.4. The summed E-state index contributed by atoms with van der Waals surface area (Å²) in [4.78, 5) is 22.6. The number of hydrogen-bond acceptors (Lipinski definition) is 5. The van der Waals surface area contributed by atoms with Crippen LogP contribution < -0.4 is 10.3 Å². The summed E-state index contributed by atoms with van der Waals surface area (Å²) in [6, 6.07) is 25.6. The normalized spacial score (nSPS) is 11.4. The molecule has 0 aliphatic heterocycles. The fourth-order valence-electron chi connectivity index (χ4n) is 3.63. The number of ether oxygens (including phenoxy) is 1. The first kappa shape index (κ1) is 20.9. The zero-order valence-electron chi connectivity index (χ0n) is 18.1. The molecule has 0 saturated carbocycles. The lowest BCUT2D eigenvalue weighted by atomic mass is 10.1. The number of nitrogens with zero attached hydrogens (tertiary/aromatic N) is 3. The third-order valence-electron chi connectivity index (χ3n) is 5.37. The van der Waals surface area contributed by atoms with Crippen LogP contribution in [0.25, 0.3) is 26.6 Å². The van der Waals surface area contributed by atoms with Crippen LogP contribution in [0, 0.1) is 0 Å². The second-order valence-electron chi connectivity index (χ2n) is 7.50. The molecule has 0 aliphatic rings. The molecule has 5 aromatic rings. The number of aliphatic imine (C=N–C) groups is 1. The number of aromatic nitrogens is 3. The Balaban J connectivity index is 1.53. The van der Waals surface area contributed by atoms with Crippen molar-refractivity contribution >= 4 is 27.8 Å². The smallest absolute Gasteiger partial charge is 0.282 e. The number of methoxy groups -OCH3 is 1. The molecule has 2 heterocycles. The Hall–Kier alpha value is -3.97. The first-order valence-electron chi connectivity index (χ1n) is 10.6. The minimum atomic E-state index is -0.177. The largest absolute Gasteiger partial charge is 0.497 e. The van der Waals surface area contributed by atoms with Gasteiger partial charge in [0.2, 0.25) is 5.13 Å². The number of nitrogens with one attached hydrogen (secondary N) is 1. The van der Waals surface area contributed by atoms with Gasteiger partial charge in [-0.25, -0.2) is 4.98 Å². The molecule has 0 spiro atoms.